The fourth-order valence-corrected chi connectivity index (χ4v) is 12.3. The van der Waals surface area contributed by atoms with Crippen LogP contribution in [-0.2, 0) is 26.6 Å². The van der Waals surface area contributed by atoms with Gasteiger partial charge in [-0.25, -0.2) is 0 Å². The van der Waals surface area contributed by atoms with Crippen LogP contribution in [-0.4, -0.2) is 65.7 Å². The summed E-state index contributed by atoms with van der Waals surface area (Å²) < 4.78 is 38.5. The second kappa shape index (κ2) is 12.2. The molecular formula is C22H46O6S2Si2. The third-order valence-corrected chi connectivity index (χ3v) is 12.7. The Labute approximate surface area is 209 Å². The predicted molar refractivity (Wildman–Crippen MR) is 140 cm³/mol. The normalized spacial score (nSPS) is 35.5. The van der Waals surface area contributed by atoms with Crippen molar-refractivity contribution in [2.24, 2.45) is 5.92 Å². The molecule has 0 amide bonds. The molecule has 0 aliphatic carbocycles. The summed E-state index contributed by atoms with van der Waals surface area (Å²) in [4.78, 5) is 0. The van der Waals surface area contributed by atoms with Crippen molar-refractivity contribution in [2.75, 3.05) is 24.7 Å². The first-order valence-corrected chi connectivity index (χ1v) is 17.2. The molecule has 4 atom stereocenters. The van der Waals surface area contributed by atoms with E-state index in [-0.39, 0.29) is 29.3 Å². The summed E-state index contributed by atoms with van der Waals surface area (Å²) in [7, 11) is -5.55. The maximum Gasteiger partial charge on any atom is 0.501 e. The lowest BCUT2D eigenvalue weighted by Crippen LogP contribution is -2.59. The number of hydrogen-bond acceptors (Lipinski definition) is 8. The third kappa shape index (κ3) is 9.16. The monoisotopic (exact) mass is 526 g/mol. The van der Waals surface area contributed by atoms with Gasteiger partial charge in [-0.2, -0.15) is 25.3 Å². The van der Waals surface area contributed by atoms with Crippen LogP contribution in [0.15, 0.2) is 0 Å². The second-order valence-corrected chi connectivity index (χ2v) is 16.8. The molecular weight excluding hydrogens is 481 g/mol. The van der Waals surface area contributed by atoms with Crippen molar-refractivity contribution in [1.82, 2.24) is 0 Å². The Kier molecular flexibility index (Phi) is 11.1. The molecule has 2 aliphatic heterocycles. The summed E-state index contributed by atoms with van der Waals surface area (Å²) in [5, 5.41) is 0. The van der Waals surface area contributed by atoms with Gasteiger partial charge in [0.1, 0.15) is 0 Å². The molecule has 2 aliphatic rings. The van der Waals surface area contributed by atoms with E-state index in [1.165, 1.54) is 0 Å². The smallest absolute Gasteiger partial charge is 0.373 e. The Morgan fingerprint density at radius 3 is 1.50 bits per heavy atom. The van der Waals surface area contributed by atoms with Gasteiger partial charge in [-0.3, -0.25) is 0 Å². The lowest BCUT2D eigenvalue weighted by atomic mass is 10.0. The fraction of sp³-hybridized carbons (Fsp3) is 1.00. The molecule has 0 spiro atoms. The minimum Gasteiger partial charge on any atom is -0.373 e. The highest BCUT2D eigenvalue weighted by atomic mass is 32.1. The van der Waals surface area contributed by atoms with Crippen LogP contribution < -0.4 is 0 Å². The zero-order valence-electron chi connectivity index (χ0n) is 21.1. The Bertz CT molecular complexity index is 537. The third-order valence-electron chi connectivity index (χ3n) is 5.64. The maximum atomic E-state index is 6.46. The Balaban J connectivity index is 2.00. The van der Waals surface area contributed by atoms with Crippen molar-refractivity contribution in [3.8, 4) is 0 Å². The number of hydrogen-bond donors (Lipinski definition) is 2. The highest BCUT2D eigenvalue weighted by Crippen LogP contribution is 2.37. The van der Waals surface area contributed by atoms with E-state index in [0.717, 1.165) is 49.3 Å². The van der Waals surface area contributed by atoms with E-state index in [0.29, 0.717) is 13.2 Å². The minimum absolute atomic E-state index is 0.126. The van der Waals surface area contributed by atoms with Crippen LogP contribution >= 0.6 is 25.3 Å². The maximum absolute atomic E-state index is 6.46. The summed E-state index contributed by atoms with van der Waals surface area (Å²) in [6.45, 7) is 15.9. The molecule has 10 heteroatoms. The lowest BCUT2D eigenvalue weighted by Gasteiger charge is -2.46. The van der Waals surface area contributed by atoms with Crippen LogP contribution in [0, 0.1) is 5.92 Å². The summed E-state index contributed by atoms with van der Waals surface area (Å²) in [6, 6.07) is 1.58. The summed E-state index contributed by atoms with van der Waals surface area (Å²) >= 11 is 8.78. The van der Waals surface area contributed by atoms with Gasteiger partial charge >= 0.3 is 17.6 Å². The molecule has 0 aromatic rings. The molecule has 4 unspecified atom stereocenters. The van der Waals surface area contributed by atoms with Crippen molar-refractivity contribution in [2.45, 2.75) is 110 Å². The van der Waals surface area contributed by atoms with Gasteiger partial charge in [0.05, 0.1) is 11.2 Å². The molecule has 0 radical (unpaired) electrons. The molecule has 2 fully saturated rings. The van der Waals surface area contributed by atoms with Crippen molar-refractivity contribution in [1.29, 1.82) is 0 Å². The van der Waals surface area contributed by atoms with E-state index >= 15 is 0 Å². The van der Waals surface area contributed by atoms with Crippen LogP contribution in [0.25, 0.3) is 0 Å². The molecule has 0 N–H and O–H groups in total. The summed E-state index contributed by atoms with van der Waals surface area (Å²) in [6.07, 6.45) is 3.82. The minimum atomic E-state index is -2.77. The standard InChI is InChI=1S/C22H46O6S2Si2/c1-18(16-23-31(12-8-10-29)25-19(2)14-21(4,5)27-31)17-24-32(13-9-11-30)26-20(3)15-22(6,7)28-32/h18-20,29-30H,8-17H2,1-7H3. The van der Waals surface area contributed by atoms with Gasteiger partial charge in [0, 0.05) is 43.4 Å². The first-order valence-electron chi connectivity index (χ1n) is 12.1. The molecule has 0 bridgehead atoms. The van der Waals surface area contributed by atoms with Crippen LogP contribution in [0.4, 0.5) is 0 Å². The summed E-state index contributed by atoms with van der Waals surface area (Å²) in [5.41, 5.74) is -0.481. The van der Waals surface area contributed by atoms with E-state index in [4.69, 9.17) is 26.6 Å². The number of thiol groups is 2. The number of rotatable bonds is 12. The molecule has 6 nitrogen and oxygen atoms in total. The molecule has 2 saturated heterocycles. The highest BCUT2D eigenvalue weighted by Gasteiger charge is 2.52. The highest BCUT2D eigenvalue weighted by molar-refractivity contribution is 7.80. The zero-order chi connectivity index (χ0) is 24.0. The van der Waals surface area contributed by atoms with E-state index in [1.54, 1.807) is 0 Å². The largest absolute Gasteiger partial charge is 0.501 e. The molecule has 32 heavy (non-hydrogen) atoms. The van der Waals surface area contributed by atoms with Gasteiger partial charge in [-0.15, -0.1) is 0 Å². The van der Waals surface area contributed by atoms with Crippen molar-refractivity contribution < 1.29 is 26.6 Å². The average molecular weight is 527 g/mol. The Morgan fingerprint density at radius 2 is 1.19 bits per heavy atom. The van der Waals surface area contributed by atoms with Crippen molar-refractivity contribution in [3.63, 3.8) is 0 Å². The SMILES string of the molecule is CC(CO[Si]1(CCCS)OC(C)CC(C)(C)O1)CO[Si]1(CCCS)OC(C)CC(C)(C)O1. The Hall–Kier alpha value is 0.894. The van der Waals surface area contributed by atoms with Gasteiger partial charge in [0.2, 0.25) is 0 Å². The van der Waals surface area contributed by atoms with E-state index < -0.39 is 17.6 Å². The van der Waals surface area contributed by atoms with E-state index in [9.17, 15) is 0 Å². The van der Waals surface area contributed by atoms with Gasteiger partial charge in [0.25, 0.3) is 0 Å². The first-order chi connectivity index (χ1) is 14.8. The van der Waals surface area contributed by atoms with Crippen LogP contribution in [0.1, 0.15) is 74.1 Å². The van der Waals surface area contributed by atoms with Gasteiger partial charge in [-0.05, 0) is 78.7 Å². The first kappa shape index (κ1) is 29.1. The van der Waals surface area contributed by atoms with E-state index in [2.05, 4.69) is 73.7 Å². The molecule has 2 rings (SSSR count). The molecule has 0 aromatic heterocycles. The van der Waals surface area contributed by atoms with Crippen LogP contribution in [0.5, 0.6) is 0 Å². The molecule has 2 heterocycles. The second-order valence-electron chi connectivity index (χ2n) is 10.7. The quantitative estimate of drug-likeness (QED) is 0.263. The van der Waals surface area contributed by atoms with Crippen LogP contribution in [0.2, 0.25) is 12.1 Å². The fourth-order valence-electron chi connectivity index (χ4n) is 4.72. The Morgan fingerprint density at radius 1 is 0.812 bits per heavy atom. The molecule has 0 saturated carbocycles. The van der Waals surface area contributed by atoms with Crippen molar-refractivity contribution in [3.05, 3.63) is 0 Å². The topological polar surface area (TPSA) is 55.4 Å². The average Bonchev–Trinajstić information content (AvgIpc) is 2.65. The van der Waals surface area contributed by atoms with Gasteiger partial charge in [-0.1, -0.05) is 6.92 Å². The van der Waals surface area contributed by atoms with Crippen molar-refractivity contribution >= 4 is 42.9 Å². The summed E-state index contributed by atoms with van der Waals surface area (Å²) in [5.74, 6) is 1.75. The van der Waals surface area contributed by atoms with Gasteiger partial charge in [0.15, 0.2) is 0 Å². The molecule has 190 valence electrons. The van der Waals surface area contributed by atoms with E-state index in [1.807, 2.05) is 0 Å². The van der Waals surface area contributed by atoms with Crippen LogP contribution in [0.3, 0.4) is 0 Å². The molecule has 0 aromatic carbocycles. The lowest BCUT2D eigenvalue weighted by molar-refractivity contribution is -0.101. The van der Waals surface area contributed by atoms with Gasteiger partial charge < -0.3 is 26.6 Å². The predicted octanol–water partition coefficient (Wildman–Crippen LogP) is 5.38. The zero-order valence-corrected chi connectivity index (χ0v) is 24.9.